The maximum absolute atomic E-state index is 6.31. The summed E-state index contributed by atoms with van der Waals surface area (Å²) in [4.78, 5) is 0. The number of hydrogen-bond acceptors (Lipinski definition) is 3. The van der Waals surface area contributed by atoms with Crippen molar-refractivity contribution in [2.75, 3.05) is 7.05 Å². The third kappa shape index (κ3) is 2.54. The fourth-order valence-corrected chi connectivity index (χ4v) is 5.47. The zero-order valence-corrected chi connectivity index (χ0v) is 15.1. The summed E-state index contributed by atoms with van der Waals surface area (Å²) in [5.41, 5.74) is 2.26. The molecule has 0 spiro atoms. The molecule has 1 N–H and O–H groups in total. The predicted octanol–water partition coefficient (Wildman–Crippen LogP) is 6.34. The number of benzene rings is 1. The zero-order valence-electron chi connectivity index (χ0n) is 10.4. The average molecular weight is 407 g/mol. The van der Waals surface area contributed by atoms with Crippen molar-refractivity contribution in [1.29, 1.82) is 0 Å². The molecular weight excluding hydrogens is 397 g/mol. The van der Waals surface area contributed by atoms with E-state index in [0.717, 1.165) is 14.4 Å². The summed E-state index contributed by atoms with van der Waals surface area (Å²) in [5.74, 6) is 0. The Morgan fingerprint density at radius 1 is 1.25 bits per heavy atom. The number of halogens is 3. The highest BCUT2D eigenvalue weighted by molar-refractivity contribution is 9.10. The molecule has 3 rings (SSSR count). The molecule has 1 atom stereocenters. The Hall–Kier alpha value is -0.100. The van der Waals surface area contributed by atoms with Crippen LogP contribution >= 0.6 is 61.8 Å². The van der Waals surface area contributed by atoms with Crippen LogP contribution < -0.4 is 5.32 Å². The topological polar surface area (TPSA) is 12.0 Å². The highest BCUT2D eigenvalue weighted by Crippen LogP contribution is 2.41. The van der Waals surface area contributed by atoms with Crippen LogP contribution in [0, 0.1) is 0 Å². The van der Waals surface area contributed by atoms with E-state index in [9.17, 15) is 0 Å². The molecule has 2 heterocycles. The van der Waals surface area contributed by atoms with Crippen LogP contribution in [0.3, 0.4) is 0 Å². The lowest BCUT2D eigenvalue weighted by molar-refractivity contribution is 0.701. The maximum atomic E-state index is 6.31. The second-order valence-electron chi connectivity index (χ2n) is 4.31. The quantitative estimate of drug-likeness (QED) is 0.534. The minimum atomic E-state index is 0.0503. The molecule has 0 bridgehead atoms. The summed E-state index contributed by atoms with van der Waals surface area (Å²) in [6.45, 7) is 0. The molecule has 0 aliphatic heterocycles. The van der Waals surface area contributed by atoms with E-state index in [-0.39, 0.29) is 6.04 Å². The second-order valence-corrected chi connectivity index (χ2v) is 8.33. The Balaban J connectivity index is 2.17. The summed E-state index contributed by atoms with van der Waals surface area (Å²) in [5, 5.41) is 6.76. The van der Waals surface area contributed by atoms with Gasteiger partial charge in [0.25, 0.3) is 0 Å². The van der Waals surface area contributed by atoms with Gasteiger partial charge in [-0.2, -0.15) is 0 Å². The molecule has 0 fully saturated rings. The Bertz CT molecular complexity index is 766. The zero-order chi connectivity index (χ0) is 14.3. The average Bonchev–Trinajstić information content (AvgIpc) is 2.97. The van der Waals surface area contributed by atoms with Crippen LogP contribution in [-0.4, -0.2) is 7.05 Å². The fourth-order valence-electron chi connectivity index (χ4n) is 2.29. The van der Waals surface area contributed by atoms with Crippen LogP contribution in [-0.2, 0) is 0 Å². The molecule has 1 aromatic carbocycles. The highest BCUT2D eigenvalue weighted by atomic mass is 79.9. The van der Waals surface area contributed by atoms with E-state index in [1.807, 2.05) is 13.1 Å². The molecule has 3 aromatic rings. The summed E-state index contributed by atoms with van der Waals surface area (Å²) in [6.07, 6.45) is 0. The van der Waals surface area contributed by atoms with Crippen molar-refractivity contribution in [3.63, 3.8) is 0 Å². The van der Waals surface area contributed by atoms with Gasteiger partial charge in [-0.25, -0.2) is 0 Å². The van der Waals surface area contributed by atoms with E-state index < -0.39 is 0 Å². The molecule has 0 aliphatic rings. The van der Waals surface area contributed by atoms with Crippen LogP contribution in [0.1, 0.15) is 17.2 Å². The summed E-state index contributed by atoms with van der Waals surface area (Å²) in [6, 6.07) is 8.24. The van der Waals surface area contributed by atoms with Crippen molar-refractivity contribution in [2.45, 2.75) is 6.04 Å². The number of fused-ring (bicyclic) bond motifs is 1. The molecular formula is C14H10BrCl2NS2. The monoisotopic (exact) mass is 405 g/mol. The minimum absolute atomic E-state index is 0.0503. The van der Waals surface area contributed by atoms with Crippen molar-refractivity contribution < 1.29 is 0 Å². The standard InChI is InChI=1S/C14H10BrCl2NS2/c1-18-12(8-5-11(16)20-14(8)17)9-6-19-13-7(9)3-2-4-10(13)15/h2-6,12,18H,1H3. The normalized spacial score (nSPS) is 13.0. The van der Waals surface area contributed by atoms with E-state index in [1.54, 1.807) is 11.3 Å². The molecule has 2 aromatic heterocycles. The van der Waals surface area contributed by atoms with Crippen LogP contribution in [0.15, 0.2) is 34.1 Å². The van der Waals surface area contributed by atoms with Gasteiger partial charge in [-0.1, -0.05) is 35.3 Å². The van der Waals surface area contributed by atoms with Gasteiger partial charge in [-0.3, -0.25) is 0 Å². The molecule has 1 nitrogen and oxygen atoms in total. The molecule has 104 valence electrons. The first-order valence-corrected chi connectivity index (χ1v) is 9.14. The molecule has 0 saturated heterocycles. The molecule has 0 saturated carbocycles. The lowest BCUT2D eigenvalue weighted by Gasteiger charge is -2.15. The van der Waals surface area contributed by atoms with Gasteiger partial charge >= 0.3 is 0 Å². The second kappa shape index (κ2) is 5.95. The van der Waals surface area contributed by atoms with E-state index in [1.165, 1.54) is 27.0 Å². The van der Waals surface area contributed by atoms with Gasteiger partial charge in [0.05, 0.1) is 14.7 Å². The van der Waals surface area contributed by atoms with E-state index in [0.29, 0.717) is 4.34 Å². The first-order chi connectivity index (χ1) is 9.61. The molecule has 0 amide bonds. The number of nitrogens with one attached hydrogen (secondary N) is 1. The lowest BCUT2D eigenvalue weighted by atomic mass is 10.0. The van der Waals surface area contributed by atoms with Gasteiger partial charge in [0, 0.05) is 14.7 Å². The van der Waals surface area contributed by atoms with Crippen LogP contribution in [0.4, 0.5) is 0 Å². The highest BCUT2D eigenvalue weighted by Gasteiger charge is 2.21. The van der Waals surface area contributed by atoms with Gasteiger partial charge in [0.15, 0.2) is 0 Å². The van der Waals surface area contributed by atoms with E-state index in [2.05, 4.69) is 44.8 Å². The van der Waals surface area contributed by atoms with Crippen LogP contribution in [0.25, 0.3) is 10.1 Å². The third-order valence-electron chi connectivity index (χ3n) is 3.18. The molecule has 1 unspecified atom stereocenters. The van der Waals surface area contributed by atoms with Crippen LogP contribution in [0.5, 0.6) is 0 Å². The van der Waals surface area contributed by atoms with Crippen LogP contribution in [0.2, 0.25) is 8.67 Å². The van der Waals surface area contributed by atoms with Crippen molar-refractivity contribution in [3.05, 3.63) is 53.9 Å². The number of thiophene rings is 2. The Labute approximate surface area is 143 Å². The molecule has 20 heavy (non-hydrogen) atoms. The first kappa shape index (κ1) is 14.8. The van der Waals surface area contributed by atoms with Crippen molar-refractivity contribution >= 4 is 71.9 Å². The van der Waals surface area contributed by atoms with Crippen molar-refractivity contribution in [1.82, 2.24) is 5.32 Å². The summed E-state index contributed by atoms with van der Waals surface area (Å²) >= 11 is 19.1. The smallest absolute Gasteiger partial charge is 0.0995 e. The largest absolute Gasteiger partial charge is 0.309 e. The van der Waals surface area contributed by atoms with Crippen molar-refractivity contribution in [3.8, 4) is 0 Å². The van der Waals surface area contributed by atoms with Gasteiger partial charge in [-0.15, -0.1) is 22.7 Å². The van der Waals surface area contributed by atoms with Crippen molar-refractivity contribution in [2.24, 2.45) is 0 Å². The third-order valence-corrected chi connectivity index (χ3v) is 6.66. The lowest BCUT2D eigenvalue weighted by Crippen LogP contribution is -2.16. The predicted molar refractivity (Wildman–Crippen MR) is 94.8 cm³/mol. The molecule has 0 radical (unpaired) electrons. The first-order valence-electron chi connectivity index (χ1n) is 5.89. The number of hydrogen-bond donors (Lipinski definition) is 1. The van der Waals surface area contributed by atoms with Gasteiger partial charge in [0.1, 0.15) is 0 Å². The summed E-state index contributed by atoms with van der Waals surface area (Å²) < 4.78 is 3.82. The van der Waals surface area contributed by atoms with Gasteiger partial charge in [-0.05, 0) is 51.4 Å². The molecule has 0 aliphatic carbocycles. The minimum Gasteiger partial charge on any atom is -0.309 e. The maximum Gasteiger partial charge on any atom is 0.0995 e. The Morgan fingerprint density at radius 3 is 2.70 bits per heavy atom. The Morgan fingerprint density at radius 2 is 2.05 bits per heavy atom. The van der Waals surface area contributed by atoms with Gasteiger partial charge in [0.2, 0.25) is 0 Å². The Kier molecular flexibility index (Phi) is 4.41. The summed E-state index contributed by atoms with van der Waals surface area (Å²) in [7, 11) is 1.94. The van der Waals surface area contributed by atoms with Gasteiger partial charge < -0.3 is 5.32 Å². The fraction of sp³-hybridized carbons (Fsp3) is 0.143. The number of rotatable bonds is 3. The SMILES string of the molecule is CNC(c1cc(Cl)sc1Cl)c1csc2c(Br)cccc12. The van der Waals surface area contributed by atoms with E-state index in [4.69, 9.17) is 23.2 Å². The molecule has 6 heteroatoms. The van der Waals surface area contributed by atoms with E-state index >= 15 is 0 Å².